The van der Waals surface area contributed by atoms with Gasteiger partial charge >= 0.3 is 0 Å². The molecule has 1 aromatic heterocycles. The minimum Gasteiger partial charge on any atom is -0.350 e. The highest BCUT2D eigenvalue weighted by atomic mass is 16.2. The summed E-state index contributed by atoms with van der Waals surface area (Å²) >= 11 is 0. The molecule has 1 aliphatic rings. The monoisotopic (exact) mass is 305 g/mol. The first-order chi connectivity index (χ1) is 10.3. The predicted octanol–water partition coefficient (Wildman–Crippen LogP) is 0.991. The summed E-state index contributed by atoms with van der Waals surface area (Å²) in [5, 5.41) is 3.16. The molecular formula is C15H23N5O2. The molecule has 2 rings (SSSR count). The standard InChI is InChI=1S/C15H23N5O2/c1-11(21)19-7-9-20(10-8-19)13(22)12-5-6-16-14(17-12)18-15(2,3)4/h5-6H,7-10H2,1-4H3,(H,16,17,18). The van der Waals surface area contributed by atoms with Gasteiger partial charge in [0.2, 0.25) is 11.9 Å². The molecule has 2 heterocycles. The van der Waals surface area contributed by atoms with Gasteiger partial charge in [0, 0.05) is 44.8 Å². The molecule has 1 saturated heterocycles. The van der Waals surface area contributed by atoms with Crippen LogP contribution >= 0.6 is 0 Å². The van der Waals surface area contributed by atoms with Crippen molar-refractivity contribution < 1.29 is 9.59 Å². The molecule has 0 bridgehead atoms. The van der Waals surface area contributed by atoms with E-state index < -0.39 is 0 Å². The Morgan fingerprint density at radius 1 is 1.14 bits per heavy atom. The van der Waals surface area contributed by atoms with Crippen molar-refractivity contribution in [3.05, 3.63) is 18.0 Å². The number of carbonyl (C=O) groups is 2. The third-order valence-electron chi connectivity index (χ3n) is 3.37. The van der Waals surface area contributed by atoms with E-state index in [2.05, 4.69) is 15.3 Å². The molecule has 1 fully saturated rings. The summed E-state index contributed by atoms with van der Waals surface area (Å²) in [6, 6.07) is 1.62. The highest BCUT2D eigenvalue weighted by Gasteiger charge is 2.24. The van der Waals surface area contributed by atoms with Crippen LogP contribution in [0.2, 0.25) is 0 Å². The summed E-state index contributed by atoms with van der Waals surface area (Å²) in [7, 11) is 0. The average Bonchev–Trinajstić information content (AvgIpc) is 2.45. The number of rotatable bonds is 2. The number of anilines is 1. The molecule has 0 unspecified atom stereocenters. The molecule has 1 N–H and O–H groups in total. The molecular weight excluding hydrogens is 282 g/mol. The SMILES string of the molecule is CC(=O)N1CCN(C(=O)c2ccnc(NC(C)(C)C)n2)CC1. The summed E-state index contributed by atoms with van der Waals surface area (Å²) in [5.41, 5.74) is 0.201. The number of nitrogens with zero attached hydrogens (tertiary/aromatic N) is 4. The van der Waals surface area contributed by atoms with Gasteiger partial charge in [-0.1, -0.05) is 0 Å². The van der Waals surface area contributed by atoms with Gasteiger partial charge in [0.05, 0.1) is 0 Å². The third-order valence-corrected chi connectivity index (χ3v) is 3.37. The van der Waals surface area contributed by atoms with Crippen molar-refractivity contribution in [2.75, 3.05) is 31.5 Å². The van der Waals surface area contributed by atoms with Crippen LogP contribution in [0.5, 0.6) is 0 Å². The fourth-order valence-corrected chi connectivity index (χ4v) is 2.26. The Morgan fingerprint density at radius 2 is 1.73 bits per heavy atom. The molecule has 0 saturated carbocycles. The molecule has 1 aromatic rings. The van der Waals surface area contributed by atoms with Crippen LogP contribution in [0, 0.1) is 0 Å². The Balaban J connectivity index is 2.04. The van der Waals surface area contributed by atoms with Crippen molar-refractivity contribution in [2.24, 2.45) is 0 Å². The van der Waals surface area contributed by atoms with E-state index in [1.165, 1.54) is 0 Å². The van der Waals surface area contributed by atoms with Crippen molar-refractivity contribution in [1.82, 2.24) is 19.8 Å². The minimum atomic E-state index is -0.172. The smallest absolute Gasteiger partial charge is 0.272 e. The van der Waals surface area contributed by atoms with E-state index in [-0.39, 0.29) is 17.4 Å². The number of aromatic nitrogens is 2. The van der Waals surface area contributed by atoms with Crippen LogP contribution in [0.3, 0.4) is 0 Å². The van der Waals surface area contributed by atoms with Gasteiger partial charge in [-0.15, -0.1) is 0 Å². The minimum absolute atomic E-state index is 0.0470. The second kappa shape index (κ2) is 6.29. The Labute approximate surface area is 130 Å². The number of nitrogens with one attached hydrogen (secondary N) is 1. The van der Waals surface area contributed by atoms with E-state index in [0.29, 0.717) is 37.8 Å². The Morgan fingerprint density at radius 3 is 2.27 bits per heavy atom. The lowest BCUT2D eigenvalue weighted by molar-refractivity contribution is -0.130. The van der Waals surface area contributed by atoms with Crippen LogP contribution in [0.15, 0.2) is 12.3 Å². The second-order valence-electron chi connectivity index (χ2n) is 6.44. The summed E-state index contributed by atoms with van der Waals surface area (Å²) in [6.07, 6.45) is 1.58. The summed E-state index contributed by atoms with van der Waals surface area (Å²) in [6.45, 7) is 9.77. The molecule has 7 nitrogen and oxygen atoms in total. The second-order valence-corrected chi connectivity index (χ2v) is 6.44. The number of hydrogen-bond acceptors (Lipinski definition) is 5. The van der Waals surface area contributed by atoms with Crippen molar-refractivity contribution in [3.8, 4) is 0 Å². The lowest BCUT2D eigenvalue weighted by Crippen LogP contribution is -2.50. The number of amides is 2. The predicted molar refractivity (Wildman–Crippen MR) is 83.6 cm³/mol. The zero-order valence-electron chi connectivity index (χ0n) is 13.6. The van der Waals surface area contributed by atoms with Gasteiger partial charge in [-0.05, 0) is 26.8 Å². The average molecular weight is 305 g/mol. The summed E-state index contributed by atoms with van der Waals surface area (Å²) < 4.78 is 0. The third kappa shape index (κ3) is 4.16. The fraction of sp³-hybridized carbons (Fsp3) is 0.600. The van der Waals surface area contributed by atoms with E-state index in [1.54, 1.807) is 29.0 Å². The lowest BCUT2D eigenvalue weighted by Gasteiger charge is -2.34. The van der Waals surface area contributed by atoms with Gasteiger partial charge in [0.25, 0.3) is 5.91 Å². The zero-order valence-corrected chi connectivity index (χ0v) is 13.6. The van der Waals surface area contributed by atoms with Gasteiger partial charge in [0.1, 0.15) is 5.69 Å². The van der Waals surface area contributed by atoms with Crippen LogP contribution in [0.1, 0.15) is 38.2 Å². The molecule has 0 spiro atoms. The number of piperazine rings is 1. The van der Waals surface area contributed by atoms with Crippen molar-refractivity contribution in [2.45, 2.75) is 33.2 Å². The largest absolute Gasteiger partial charge is 0.350 e. The van der Waals surface area contributed by atoms with Crippen LogP contribution in [0.4, 0.5) is 5.95 Å². The quantitative estimate of drug-likeness (QED) is 0.881. The first kappa shape index (κ1) is 16.2. The van der Waals surface area contributed by atoms with Crippen LogP contribution in [0.25, 0.3) is 0 Å². The molecule has 22 heavy (non-hydrogen) atoms. The topological polar surface area (TPSA) is 78.4 Å². The maximum absolute atomic E-state index is 12.5. The Bertz CT molecular complexity index is 559. The molecule has 2 amide bonds. The Kier molecular flexibility index (Phi) is 4.63. The van der Waals surface area contributed by atoms with Crippen molar-refractivity contribution in [3.63, 3.8) is 0 Å². The lowest BCUT2D eigenvalue weighted by atomic mass is 10.1. The molecule has 0 aromatic carbocycles. The van der Waals surface area contributed by atoms with E-state index in [4.69, 9.17) is 0 Å². The van der Waals surface area contributed by atoms with Gasteiger partial charge in [-0.25, -0.2) is 9.97 Å². The normalized spacial score (nSPS) is 15.6. The highest BCUT2D eigenvalue weighted by molar-refractivity contribution is 5.92. The number of carbonyl (C=O) groups excluding carboxylic acids is 2. The molecule has 0 radical (unpaired) electrons. The van der Waals surface area contributed by atoms with Crippen LogP contribution in [-0.2, 0) is 4.79 Å². The first-order valence-corrected chi connectivity index (χ1v) is 7.42. The van der Waals surface area contributed by atoms with E-state index in [1.807, 2.05) is 20.8 Å². The first-order valence-electron chi connectivity index (χ1n) is 7.42. The van der Waals surface area contributed by atoms with E-state index in [9.17, 15) is 9.59 Å². The van der Waals surface area contributed by atoms with Gasteiger partial charge in [-0.2, -0.15) is 0 Å². The molecule has 1 aliphatic heterocycles. The highest BCUT2D eigenvalue weighted by Crippen LogP contribution is 2.12. The van der Waals surface area contributed by atoms with Gasteiger partial charge in [-0.3, -0.25) is 9.59 Å². The van der Waals surface area contributed by atoms with Crippen LogP contribution < -0.4 is 5.32 Å². The van der Waals surface area contributed by atoms with E-state index in [0.717, 1.165) is 0 Å². The summed E-state index contributed by atoms with van der Waals surface area (Å²) in [5.74, 6) is 0.370. The zero-order chi connectivity index (χ0) is 16.3. The molecule has 120 valence electrons. The van der Waals surface area contributed by atoms with Gasteiger partial charge in [0.15, 0.2) is 0 Å². The molecule has 0 aliphatic carbocycles. The van der Waals surface area contributed by atoms with Gasteiger partial charge < -0.3 is 15.1 Å². The maximum atomic E-state index is 12.5. The number of hydrogen-bond donors (Lipinski definition) is 1. The fourth-order valence-electron chi connectivity index (χ4n) is 2.26. The van der Waals surface area contributed by atoms with Crippen LogP contribution in [-0.4, -0.2) is 63.3 Å². The maximum Gasteiger partial charge on any atom is 0.272 e. The Hall–Kier alpha value is -2.18. The van der Waals surface area contributed by atoms with E-state index >= 15 is 0 Å². The van der Waals surface area contributed by atoms with Crippen molar-refractivity contribution >= 4 is 17.8 Å². The molecule has 0 atom stereocenters. The molecule has 7 heteroatoms. The van der Waals surface area contributed by atoms with Crippen molar-refractivity contribution in [1.29, 1.82) is 0 Å². The summed E-state index contributed by atoms with van der Waals surface area (Å²) in [4.78, 5) is 35.7.